The molecule has 2 heterocycles. The Morgan fingerprint density at radius 1 is 1.37 bits per heavy atom. The van der Waals surface area contributed by atoms with Crippen LogP contribution in [0.15, 0.2) is 28.1 Å². The molecule has 0 aliphatic heterocycles. The molecule has 6 nitrogen and oxygen atoms in total. The van der Waals surface area contributed by atoms with Crippen LogP contribution in [-0.4, -0.2) is 27.1 Å². The van der Waals surface area contributed by atoms with Crippen LogP contribution < -0.4 is 10.1 Å². The average Bonchev–Trinajstić information content (AvgIpc) is 3.13. The van der Waals surface area contributed by atoms with Gasteiger partial charge in [0.15, 0.2) is 0 Å². The van der Waals surface area contributed by atoms with Crippen molar-refractivity contribution < 1.29 is 9.53 Å². The lowest BCUT2D eigenvalue weighted by Crippen LogP contribution is -2.14. The monoisotopic (exact) mass is 450 g/mol. The maximum absolute atomic E-state index is 12.1. The minimum absolute atomic E-state index is 0.0906. The van der Waals surface area contributed by atoms with Gasteiger partial charge in [0.1, 0.15) is 5.75 Å². The predicted molar refractivity (Wildman–Crippen MR) is 112 cm³/mol. The lowest BCUT2D eigenvalue weighted by molar-refractivity contribution is -0.116. The molecule has 0 fully saturated rings. The van der Waals surface area contributed by atoms with Crippen LogP contribution in [-0.2, 0) is 10.2 Å². The molecular formula is C19H23BrN4O2S. The van der Waals surface area contributed by atoms with Crippen molar-refractivity contribution >= 4 is 44.1 Å². The van der Waals surface area contributed by atoms with Crippen LogP contribution in [0.4, 0.5) is 5.95 Å². The first-order valence-electron chi connectivity index (χ1n) is 8.77. The second kappa shape index (κ2) is 7.98. The third-order valence-corrected chi connectivity index (χ3v) is 5.66. The normalized spacial score (nSPS) is 11.7. The Balaban J connectivity index is 1.46. The number of benzene rings is 1. The number of aromatic nitrogens is 3. The van der Waals surface area contributed by atoms with E-state index in [0.717, 1.165) is 20.9 Å². The molecule has 0 saturated carbocycles. The summed E-state index contributed by atoms with van der Waals surface area (Å²) >= 11 is 5.06. The zero-order valence-corrected chi connectivity index (χ0v) is 18.3. The fourth-order valence-corrected chi connectivity index (χ4v) is 3.82. The van der Waals surface area contributed by atoms with Crippen molar-refractivity contribution in [2.24, 2.45) is 0 Å². The molecule has 0 bridgehead atoms. The van der Waals surface area contributed by atoms with Crippen LogP contribution in [0.2, 0.25) is 0 Å². The van der Waals surface area contributed by atoms with Gasteiger partial charge in [0.25, 0.3) is 0 Å². The Morgan fingerprint density at radius 2 is 2.15 bits per heavy atom. The second-order valence-corrected chi connectivity index (χ2v) is 9.09. The maximum Gasteiger partial charge on any atom is 0.250 e. The van der Waals surface area contributed by atoms with Crippen LogP contribution in [0.1, 0.15) is 44.9 Å². The number of hydrogen-bond acceptors (Lipinski definition) is 5. The average molecular weight is 451 g/mol. The summed E-state index contributed by atoms with van der Waals surface area (Å²) < 4.78 is 8.45. The number of fused-ring (bicyclic) bond motifs is 1. The number of thiazole rings is 1. The van der Waals surface area contributed by atoms with E-state index in [2.05, 4.69) is 64.2 Å². The summed E-state index contributed by atoms with van der Waals surface area (Å²) in [5.74, 6) is 1.02. The van der Waals surface area contributed by atoms with Crippen LogP contribution >= 0.6 is 27.3 Å². The number of ether oxygens (including phenoxy) is 1. The number of nitrogens with one attached hydrogen (secondary N) is 1. The van der Waals surface area contributed by atoms with Crippen molar-refractivity contribution in [3.05, 3.63) is 39.3 Å². The number of carbonyl (C=O) groups excluding carboxylic acids is 1. The van der Waals surface area contributed by atoms with Crippen LogP contribution in [0.25, 0.3) is 4.96 Å². The smallest absolute Gasteiger partial charge is 0.250 e. The molecule has 0 unspecified atom stereocenters. The first kappa shape index (κ1) is 19.8. The molecule has 3 rings (SSSR count). The molecule has 0 aliphatic rings. The summed E-state index contributed by atoms with van der Waals surface area (Å²) in [6, 6.07) is 6.12. The highest BCUT2D eigenvalue weighted by Crippen LogP contribution is 2.31. The van der Waals surface area contributed by atoms with Crippen LogP contribution in [0, 0.1) is 6.92 Å². The maximum atomic E-state index is 12.1. The standard InChI is InChI=1S/C19H23BrN4O2S/c1-12-11-27-18-22-17(23-24(12)18)21-16(25)6-5-9-26-15-8-7-13(10-14(15)20)19(2,3)4/h7-8,10-11H,5-6,9H2,1-4H3,(H,21,23,25). The van der Waals surface area contributed by atoms with Crippen LogP contribution in [0.3, 0.4) is 0 Å². The van der Waals surface area contributed by atoms with E-state index in [9.17, 15) is 4.79 Å². The molecule has 1 aromatic carbocycles. The van der Waals surface area contributed by atoms with Crippen molar-refractivity contribution in [2.45, 2.75) is 46.0 Å². The molecule has 0 aliphatic carbocycles. The fraction of sp³-hybridized carbons (Fsp3) is 0.421. The summed E-state index contributed by atoms with van der Waals surface area (Å²) in [5, 5.41) is 8.99. The number of anilines is 1. The quantitative estimate of drug-likeness (QED) is 0.538. The number of halogens is 1. The zero-order valence-electron chi connectivity index (χ0n) is 15.9. The molecule has 0 radical (unpaired) electrons. The van der Waals surface area contributed by atoms with Crippen molar-refractivity contribution in [3.8, 4) is 5.75 Å². The Kier molecular flexibility index (Phi) is 5.86. The highest BCUT2D eigenvalue weighted by molar-refractivity contribution is 9.10. The highest BCUT2D eigenvalue weighted by Gasteiger charge is 2.15. The molecule has 0 saturated heterocycles. The van der Waals surface area contributed by atoms with Gasteiger partial charge >= 0.3 is 0 Å². The van der Waals surface area contributed by atoms with E-state index in [4.69, 9.17) is 4.74 Å². The van der Waals surface area contributed by atoms with Gasteiger partial charge in [0.2, 0.25) is 16.8 Å². The minimum atomic E-state index is -0.114. The van der Waals surface area contributed by atoms with Gasteiger partial charge < -0.3 is 4.74 Å². The molecule has 1 N–H and O–H groups in total. The first-order chi connectivity index (χ1) is 12.7. The van der Waals surface area contributed by atoms with E-state index in [1.54, 1.807) is 4.52 Å². The Hall–Kier alpha value is -1.93. The molecular weight excluding hydrogens is 428 g/mol. The van der Waals surface area contributed by atoms with E-state index in [1.807, 2.05) is 18.4 Å². The third-order valence-electron chi connectivity index (χ3n) is 4.10. The van der Waals surface area contributed by atoms with Crippen molar-refractivity contribution in [3.63, 3.8) is 0 Å². The number of amides is 1. The van der Waals surface area contributed by atoms with E-state index >= 15 is 0 Å². The summed E-state index contributed by atoms with van der Waals surface area (Å²) in [7, 11) is 0. The molecule has 2 aromatic heterocycles. The third kappa shape index (κ3) is 4.87. The van der Waals surface area contributed by atoms with Gasteiger partial charge in [-0.1, -0.05) is 26.8 Å². The van der Waals surface area contributed by atoms with E-state index in [-0.39, 0.29) is 11.3 Å². The summed E-state index contributed by atoms with van der Waals surface area (Å²) in [6.07, 6.45) is 0.962. The number of nitrogens with zero attached hydrogens (tertiary/aromatic N) is 3. The molecule has 144 valence electrons. The summed E-state index contributed by atoms with van der Waals surface area (Å²) in [6.45, 7) is 8.94. The second-order valence-electron chi connectivity index (χ2n) is 7.40. The Morgan fingerprint density at radius 3 is 2.81 bits per heavy atom. The van der Waals surface area contributed by atoms with Gasteiger partial charge in [0, 0.05) is 11.8 Å². The first-order valence-corrected chi connectivity index (χ1v) is 10.4. The van der Waals surface area contributed by atoms with Crippen molar-refractivity contribution in [1.29, 1.82) is 0 Å². The summed E-state index contributed by atoms with van der Waals surface area (Å²) in [4.78, 5) is 17.1. The van der Waals surface area contributed by atoms with Crippen molar-refractivity contribution in [1.82, 2.24) is 14.6 Å². The number of hydrogen-bond donors (Lipinski definition) is 1. The topological polar surface area (TPSA) is 68.5 Å². The van der Waals surface area contributed by atoms with Gasteiger partial charge in [-0.3, -0.25) is 10.1 Å². The van der Waals surface area contributed by atoms with Crippen molar-refractivity contribution in [2.75, 3.05) is 11.9 Å². The van der Waals surface area contributed by atoms with Gasteiger partial charge in [-0.15, -0.1) is 16.4 Å². The Bertz CT molecular complexity index is 958. The lowest BCUT2D eigenvalue weighted by Gasteiger charge is -2.20. The van der Waals surface area contributed by atoms with Gasteiger partial charge in [-0.2, -0.15) is 4.98 Å². The molecule has 8 heteroatoms. The van der Waals surface area contributed by atoms with E-state index in [0.29, 0.717) is 25.4 Å². The van der Waals surface area contributed by atoms with Gasteiger partial charge in [-0.25, -0.2) is 4.52 Å². The number of aryl methyl sites for hydroxylation is 1. The van der Waals surface area contributed by atoms with E-state index < -0.39 is 0 Å². The largest absolute Gasteiger partial charge is 0.492 e. The summed E-state index contributed by atoms with van der Waals surface area (Å²) in [5.41, 5.74) is 2.33. The predicted octanol–water partition coefficient (Wildman–Crippen LogP) is 4.96. The zero-order chi connectivity index (χ0) is 19.6. The number of rotatable bonds is 6. The van der Waals surface area contributed by atoms with Gasteiger partial charge in [0.05, 0.1) is 16.8 Å². The van der Waals surface area contributed by atoms with Gasteiger partial charge in [-0.05, 0) is 52.4 Å². The highest BCUT2D eigenvalue weighted by atomic mass is 79.9. The molecule has 0 atom stereocenters. The number of carbonyl (C=O) groups is 1. The Labute approximate surface area is 171 Å². The molecule has 1 amide bonds. The van der Waals surface area contributed by atoms with Crippen LogP contribution in [0.5, 0.6) is 5.75 Å². The molecule has 0 spiro atoms. The molecule has 27 heavy (non-hydrogen) atoms. The minimum Gasteiger partial charge on any atom is -0.492 e. The lowest BCUT2D eigenvalue weighted by atomic mass is 9.87. The van der Waals surface area contributed by atoms with E-state index in [1.165, 1.54) is 16.9 Å². The fourth-order valence-electron chi connectivity index (χ4n) is 2.53. The SMILES string of the molecule is Cc1csc2nc(NC(=O)CCCOc3ccc(C(C)(C)C)cc3Br)nn12. The molecule has 3 aromatic rings.